The van der Waals surface area contributed by atoms with Crippen LogP contribution in [0.1, 0.15) is 24.0 Å². The molecule has 1 aliphatic rings. The quantitative estimate of drug-likeness (QED) is 0.801. The minimum atomic E-state index is -0.972. The van der Waals surface area contributed by atoms with Gasteiger partial charge in [0.15, 0.2) is 0 Å². The van der Waals surface area contributed by atoms with Crippen molar-refractivity contribution in [2.75, 3.05) is 5.32 Å². The van der Waals surface area contributed by atoms with Crippen LogP contribution < -0.4 is 5.32 Å². The molecule has 0 aliphatic heterocycles. The highest BCUT2D eigenvalue weighted by molar-refractivity contribution is 5.94. The molecule has 0 heterocycles. The Morgan fingerprint density at radius 2 is 2.11 bits per heavy atom. The van der Waals surface area contributed by atoms with E-state index in [4.69, 9.17) is 5.11 Å². The topological polar surface area (TPSA) is 66.4 Å². The number of anilines is 1. The van der Waals surface area contributed by atoms with Gasteiger partial charge in [0.1, 0.15) is 0 Å². The maximum Gasteiger partial charge on any atom is 0.328 e. The van der Waals surface area contributed by atoms with Crippen LogP contribution in [0.2, 0.25) is 0 Å². The van der Waals surface area contributed by atoms with Crippen molar-refractivity contribution in [3.8, 4) is 0 Å². The van der Waals surface area contributed by atoms with Crippen molar-refractivity contribution < 1.29 is 14.7 Å². The summed E-state index contributed by atoms with van der Waals surface area (Å²) in [5.74, 6) is -0.722. The normalized spacial score (nSPS) is 14.7. The van der Waals surface area contributed by atoms with E-state index in [-0.39, 0.29) is 11.8 Å². The molecule has 0 bridgehead atoms. The molecule has 0 unspecified atom stereocenters. The molecular weight excluding hydrogens is 230 g/mol. The smallest absolute Gasteiger partial charge is 0.328 e. The predicted molar refractivity (Wildman–Crippen MR) is 69.2 cm³/mol. The number of carbonyl (C=O) groups is 2. The van der Waals surface area contributed by atoms with E-state index in [1.54, 1.807) is 18.2 Å². The van der Waals surface area contributed by atoms with Gasteiger partial charge < -0.3 is 10.4 Å². The van der Waals surface area contributed by atoms with E-state index >= 15 is 0 Å². The number of aryl methyl sites for hydroxylation is 1. The Hall–Kier alpha value is -2.10. The SMILES string of the molecule is Cc1cc(NC(=O)C2CC2)ccc1/C=C/C(=O)O. The van der Waals surface area contributed by atoms with Crippen LogP contribution in [0.4, 0.5) is 5.69 Å². The Bertz CT molecular complexity index is 516. The van der Waals surface area contributed by atoms with Crippen LogP contribution in [0.15, 0.2) is 24.3 Å². The van der Waals surface area contributed by atoms with Crippen molar-refractivity contribution in [2.45, 2.75) is 19.8 Å². The molecule has 0 radical (unpaired) electrons. The first kappa shape index (κ1) is 12.4. The molecule has 4 nitrogen and oxygen atoms in total. The van der Waals surface area contributed by atoms with E-state index in [0.29, 0.717) is 0 Å². The molecule has 18 heavy (non-hydrogen) atoms. The Kier molecular flexibility index (Phi) is 3.46. The molecule has 0 aromatic heterocycles. The molecule has 2 rings (SSSR count). The lowest BCUT2D eigenvalue weighted by molar-refractivity contribution is -0.131. The Morgan fingerprint density at radius 1 is 1.39 bits per heavy atom. The number of amides is 1. The van der Waals surface area contributed by atoms with Crippen molar-refractivity contribution in [2.24, 2.45) is 5.92 Å². The van der Waals surface area contributed by atoms with E-state index in [1.165, 1.54) is 0 Å². The molecule has 0 spiro atoms. The van der Waals surface area contributed by atoms with Crippen molar-refractivity contribution in [3.05, 3.63) is 35.4 Å². The van der Waals surface area contributed by atoms with Gasteiger partial charge in [-0.15, -0.1) is 0 Å². The van der Waals surface area contributed by atoms with Crippen molar-refractivity contribution in [1.82, 2.24) is 0 Å². The van der Waals surface area contributed by atoms with Gasteiger partial charge in [0.2, 0.25) is 5.91 Å². The minimum absolute atomic E-state index is 0.0724. The molecule has 4 heteroatoms. The van der Waals surface area contributed by atoms with Crippen LogP contribution in [0.25, 0.3) is 6.08 Å². The summed E-state index contributed by atoms with van der Waals surface area (Å²) in [6.45, 7) is 1.88. The van der Waals surface area contributed by atoms with Gasteiger partial charge in [-0.1, -0.05) is 6.07 Å². The first-order valence-corrected chi connectivity index (χ1v) is 5.89. The molecule has 2 N–H and O–H groups in total. The minimum Gasteiger partial charge on any atom is -0.478 e. The van der Waals surface area contributed by atoms with E-state index in [0.717, 1.165) is 35.7 Å². The maximum atomic E-state index is 11.6. The molecule has 1 fully saturated rings. The Labute approximate surface area is 105 Å². The van der Waals surface area contributed by atoms with Crippen LogP contribution >= 0.6 is 0 Å². The molecule has 0 atom stereocenters. The fourth-order valence-electron chi connectivity index (χ4n) is 1.69. The highest BCUT2D eigenvalue weighted by Crippen LogP contribution is 2.30. The molecule has 0 saturated heterocycles. The Morgan fingerprint density at radius 3 is 2.67 bits per heavy atom. The second kappa shape index (κ2) is 5.04. The number of rotatable bonds is 4. The Balaban J connectivity index is 2.08. The second-order valence-electron chi connectivity index (χ2n) is 4.51. The average molecular weight is 245 g/mol. The fourth-order valence-corrected chi connectivity index (χ4v) is 1.69. The lowest BCUT2D eigenvalue weighted by Gasteiger charge is -2.07. The highest BCUT2D eigenvalue weighted by Gasteiger charge is 2.29. The maximum absolute atomic E-state index is 11.6. The van der Waals surface area contributed by atoms with Gasteiger partial charge in [0.25, 0.3) is 0 Å². The third kappa shape index (κ3) is 3.20. The van der Waals surface area contributed by atoms with Gasteiger partial charge in [0.05, 0.1) is 0 Å². The second-order valence-corrected chi connectivity index (χ2v) is 4.51. The lowest BCUT2D eigenvalue weighted by Crippen LogP contribution is -2.13. The summed E-state index contributed by atoms with van der Waals surface area (Å²) in [5.41, 5.74) is 2.53. The molecule has 1 aromatic rings. The number of benzene rings is 1. The molecule has 1 aromatic carbocycles. The summed E-state index contributed by atoms with van der Waals surface area (Å²) in [6.07, 6.45) is 4.60. The van der Waals surface area contributed by atoms with Gasteiger partial charge in [-0.25, -0.2) is 4.79 Å². The van der Waals surface area contributed by atoms with E-state index in [1.807, 2.05) is 13.0 Å². The summed E-state index contributed by atoms with van der Waals surface area (Å²) < 4.78 is 0. The summed E-state index contributed by atoms with van der Waals surface area (Å²) >= 11 is 0. The number of carboxylic acid groups (broad SMARTS) is 1. The molecule has 94 valence electrons. The van der Waals surface area contributed by atoms with Crippen LogP contribution in [-0.2, 0) is 9.59 Å². The monoisotopic (exact) mass is 245 g/mol. The number of hydrogen-bond donors (Lipinski definition) is 2. The first-order valence-electron chi connectivity index (χ1n) is 5.89. The van der Waals surface area contributed by atoms with Crippen LogP contribution in [0, 0.1) is 12.8 Å². The third-order valence-corrected chi connectivity index (χ3v) is 2.89. The summed E-state index contributed by atoms with van der Waals surface area (Å²) in [7, 11) is 0. The van der Waals surface area contributed by atoms with Crippen LogP contribution in [0.5, 0.6) is 0 Å². The zero-order valence-corrected chi connectivity index (χ0v) is 10.1. The molecular formula is C14H15NO3. The number of hydrogen-bond acceptors (Lipinski definition) is 2. The summed E-state index contributed by atoms with van der Waals surface area (Å²) in [4.78, 5) is 22.0. The number of nitrogens with one attached hydrogen (secondary N) is 1. The first-order chi connectivity index (χ1) is 8.56. The average Bonchev–Trinajstić information content (AvgIpc) is 3.11. The van der Waals surface area contributed by atoms with Gasteiger partial charge in [-0.3, -0.25) is 4.79 Å². The molecule has 1 saturated carbocycles. The summed E-state index contributed by atoms with van der Waals surface area (Å²) in [5, 5.41) is 11.4. The predicted octanol–water partition coefficient (Wildman–Crippen LogP) is 2.44. The number of carboxylic acids is 1. The van der Waals surface area contributed by atoms with Gasteiger partial charge in [0, 0.05) is 17.7 Å². The largest absolute Gasteiger partial charge is 0.478 e. The number of carbonyl (C=O) groups excluding carboxylic acids is 1. The fraction of sp³-hybridized carbons (Fsp3) is 0.286. The van der Waals surface area contributed by atoms with E-state index < -0.39 is 5.97 Å². The van der Waals surface area contributed by atoms with Gasteiger partial charge in [-0.2, -0.15) is 0 Å². The van der Waals surface area contributed by atoms with Crippen LogP contribution in [-0.4, -0.2) is 17.0 Å². The standard InChI is InChI=1S/C14H15NO3/c1-9-8-12(15-14(18)11-2-3-11)6-4-10(9)5-7-13(16)17/h4-8,11H,2-3H2,1H3,(H,15,18)(H,16,17)/b7-5+. The van der Waals surface area contributed by atoms with E-state index in [9.17, 15) is 9.59 Å². The van der Waals surface area contributed by atoms with Crippen molar-refractivity contribution in [1.29, 1.82) is 0 Å². The number of aliphatic carboxylic acids is 1. The zero-order valence-electron chi connectivity index (χ0n) is 10.1. The van der Waals surface area contributed by atoms with Crippen molar-refractivity contribution in [3.63, 3.8) is 0 Å². The van der Waals surface area contributed by atoms with Crippen LogP contribution in [0.3, 0.4) is 0 Å². The lowest BCUT2D eigenvalue weighted by atomic mass is 10.1. The molecule has 1 amide bonds. The third-order valence-electron chi connectivity index (χ3n) is 2.89. The van der Waals surface area contributed by atoms with E-state index in [2.05, 4.69) is 5.32 Å². The van der Waals surface area contributed by atoms with Gasteiger partial charge >= 0.3 is 5.97 Å². The highest BCUT2D eigenvalue weighted by atomic mass is 16.4. The summed E-state index contributed by atoms with van der Waals surface area (Å²) in [6, 6.07) is 5.44. The molecule has 1 aliphatic carbocycles. The van der Waals surface area contributed by atoms with Crippen molar-refractivity contribution >= 4 is 23.6 Å². The van der Waals surface area contributed by atoms with Gasteiger partial charge in [-0.05, 0) is 49.1 Å². The zero-order chi connectivity index (χ0) is 13.1.